The van der Waals surface area contributed by atoms with E-state index in [0.29, 0.717) is 27.7 Å². The number of aromatic nitrogens is 2. The number of aryl methyl sites for hydroxylation is 2. The third-order valence-electron chi connectivity index (χ3n) is 2.87. The highest BCUT2D eigenvalue weighted by Crippen LogP contribution is 2.19. The number of carbonyl (C=O) groups is 2. The fraction of sp³-hybridized carbons (Fsp3) is 0.286. The van der Waals surface area contributed by atoms with Crippen LogP contribution in [0.2, 0.25) is 5.02 Å². The maximum atomic E-state index is 11.9. The van der Waals surface area contributed by atoms with Crippen LogP contribution in [0.1, 0.15) is 27.9 Å². The zero-order chi connectivity index (χ0) is 16.1. The van der Waals surface area contributed by atoms with E-state index >= 15 is 0 Å². The summed E-state index contributed by atoms with van der Waals surface area (Å²) in [6.07, 6.45) is 0.580. The van der Waals surface area contributed by atoms with E-state index in [0.717, 1.165) is 17.1 Å². The van der Waals surface area contributed by atoms with Crippen LogP contribution < -0.4 is 5.32 Å². The molecule has 1 amide bonds. The lowest BCUT2D eigenvalue weighted by Crippen LogP contribution is -2.21. The average molecular weight is 340 g/mol. The molecule has 8 heteroatoms. The topological polar surface area (TPSA) is 81.2 Å². The monoisotopic (exact) mass is 339 g/mol. The highest BCUT2D eigenvalue weighted by molar-refractivity contribution is 7.07. The maximum Gasteiger partial charge on any atom is 0.352 e. The van der Waals surface area contributed by atoms with Crippen LogP contribution in [-0.4, -0.2) is 28.1 Å². The molecule has 0 aliphatic carbocycles. The Bertz CT molecular complexity index is 702. The summed E-state index contributed by atoms with van der Waals surface area (Å²) in [4.78, 5) is 24.0. The van der Waals surface area contributed by atoms with E-state index in [1.54, 1.807) is 18.2 Å². The Morgan fingerprint density at radius 2 is 2.18 bits per heavy atom. The van der Waals surface area contributed by atoms with Gasteiger partial charge in [0, 0.05) is 10.7 Å². The van der Waals surface area contributed by atoms with Crippen molar-refractivity contribution in [3.63, 3.8) is 0 Å². The molecule has 2 rings (SSSR count). The quantitative estimate of drug-likeness (QED) is 0.847. The second-order valence-electron chi connectivity index (χ2n) is 4.49. The number of amides is 1. The number of anilines is 1. The van der Waals surface area contributed by atoms with E-state index < -0.39 is 11.9 Å². The van der Waals surface area contributed by atoms with Crippen molar-refractivity contribution in [1.29, 1.82) is 0 Å². The highest BCUT2D eigenvalue weighted by atomic mass is 35.5. The summed E-state index contributed by atoms with van der Waals surface area (Å²) < 4.78 is 8.69. The van der Waals surface area contributed by atoms with Crippen molar-refractivity contribution >= 4 is 40.7 Å². The molecular weight excluding hydrogens is 326 g/mol. The molecule has 0 aliphatic heterocycles. The standard InChI is InChI=1S/C14H14ClN3O3S/c1-3-10-13(22-18-17-10)14(20)21-7-12(19)16-11-5-4-9(15)6-8(11)2/h4-6H,3,7H2,1-2H3,(H,16,19). The molecule has 116 valence electrons. The molecule has 0 fully saturated rings. The van der Waals surface area contributed by atoms with Crippen LogP contribution in [0.3, 0.4) is 0 Å². The number of benzene rings is 1. The van der Waals surface area contributed by atoms with Gasteiger partial charge in [-0.25, -0.2) is 4.79 Å². The number of carbonyl (C=O) groups excluding carboxylic acids is 2. The van der Waals surface area contributed by atoms with Crippen LogP contribution in [0.4, 0.5) is 5.69 Å². The lowest BCUT2D eigenvalue weighted by Gasteiger charge is -2.09. The van der Waals surface area contributed by atoms with Crippen LogP contribution in [0, 0.1) is 6.92 Å². The summed E-state index contributed by atoms with van der Waals surface area (Å²) in [5.74, 6) is -1.01. The Morgan fingerprint density at radius 1 is 1.41 bits per heavy atom. The smallest absolute Gasteiger partial charge is 0.352 e. The number of esters is 1. The summed E-state index contributed by atoms with van der Waals surface area (Å²) in [6, 6.07) is 5.10. The number of ether oxygens (including phenoxy) is 1. The summed E-state index contributed by atoms with van der Waals surface area (Å²) in [7, 11) is 0. The first-order chi connectivity index (χ1) is 10.5. The Hall–Kier alpha value is -1.99. The number of nitrogens with zero attached hydrogens (tertiary/aromatic N) is 2. The van der Waals surface area contributed by atoms with Crippen molar-refractivity contribution in [3.8, 4) is 0 Å². The number of halogens is 1. The van der Waals surface area contributed by atoms with Gasteiger partial charge in [-0.1, -0.05) is 23.0 Å². The van der Waals surface area contributed by atoms with E-state index in [4.69, 9.17) is 16.3 Å². The minimum atomic E-state index is -0.588. The Kier molecular flexibility index (Phi) is 5.46. The molecule has 0 atom stereocenters. The predicted octanol–water partition coefficient (Wildman–Crippen LogP) is 2.86. The molecule has 2 aromatic rings. The second kappa shape index (κ2) is 7.33. The minimum Gasteiger partial charge on any atom is -0.451 e. The van der Waals surface area contributed by atoms with Crippen LogP contribution in [0.5, 0.6) is 0 Å². The molecule has 0 bridgehead atoms. The van der Waals surface area contributed by atoms with Gasteiger partial charge in [-0.15, -0.1) is 5.10 Å². The molecular formula is C14H14ClN3O3S. The number of hydrogen-bond donors (Lipinski definition) is 1. The van der Waals surface area contributed by atoms with Crippen molar-refractivity contribution in [2.24, 2.45) is 0 Å². The summed E-state index contributed by atoms with van der Waals surface area (Å²) in [5.41, 5.74) is 2.02. The fourth-order valence-corrected chi connectivity index (χ4v) is 2.62. The van der Waals surface area contributed by atoms with Crippen molar-refractivity contribution in [2.75, 3.05) is 11.9 Å². The average Bonchev–Trinajstić information content (AvgIpc) is 2.96. The third kappa shape index (κ3) is 4.02. The van der Waals surface area contributed by atoms with Gasteiger partial charge in [0.25, 0.3) is 5.91 Å². The normalized spacial score (nSPS) is 10.3. The van der Waals surface area contributed by atoms with Crippen molar-refractivity contribution in [2.45, 2.75) is 20.3 Å². The first-order valence-electron chi connectivity index (χ1n) is 6.55. The maximum absolute atomic E-state index is 11.9. The SMILES string of the molecule is CCc1nnsc1C(=O)OCC(=O)Nc1ccc(Cl)cc1C. The summed E-state index contributed by atoms with van der Waals surface area (Å²) >= 11 is 6.81. The van der Waals surface area contributed by atoms with Crippen LogP contribution in [0.25, 0.3) is 0 Å². The first-order valence-corrected chi connectivity index (χ1v) is 7.70. The van der Waals surface area contributed by atoms with Crippen LogP contribution in [-0.2, 0) is 16.0 Å². The zero-order valence-electron chi connectivity index (χ0n) is 12.1. The van der Waals surface area contributed by atoms with Gasteiger partial charge in [-0.3, -0.25) is 4.79 Å². The molecule has 1 aromatic heterocycles. The fourth-order valence-electron chi connectivity index (χ4n) is 1.75. The molecule has 1 aromatic carbocycles. The highest BCUT2D eigenvalue weighted by Gasteiger charge is 2.17. The zero-order valence-corrected chi connectivity index (χ0v) is 13.6. The summed E-state index contributed by atoms with van der Waals surface area (Å²) in [6.45, 7) is 3.31. The number of rotatable bonds is 5. The first kappa shape index (κ1) is 16.4. The predicted molar refractivity (Wildman–Crippen MR) is 84.4 cm³/mol. The molecule has 0 spiro atoms. The molecule has 6 nitrogen and oxygen atoms in total. The van der Waals surface area contributed by atoms with E-state index in [1.165, 1.54) is 0 Å². The molecule has 0 saturated carbocycles. The van der Waals surface area contributed by atoms with Gasteiger partial charge in [0.15, 0.2) is 11.5 Å². The largest absolute Gasteiger partial charge is 0.451 e. The van der Waals surface area contributed by atoms with E-state index in [-0.39, 0.29) is 6.61 Å². The van der Waals surface area contributed by atoms with E-state index in [1.807, 2.05) is 13.8 Å². The van der Waals surface area contributed by atoms with Crippen molar-refractivity contribution < 1.29 is 14.3 Å². The number of hydrogen-bond acceptors (Lipinski definition) is 6. The molecule has 0 unspecified atom stereocenters. The van der Waals surface area contributed by atoms with Crippen LogP contribution in [0.15, 0.2) is 18.2 Å². The number of nitrogens with one attached hydrogen (secondary N) is 1. The lowest BCUT2D eigenvalue weighted by molar-refractivity contribution is -0.119. The Balaban J connectivity index is 1.91. The Labute approximate surface area is 136 Å². The second-order valence-corrected chi connectivity index (χ2v) is 5.68. The molecule has 22 heavy (non-hydrogen) atoms. The molecule has 0 radical (unpaired) electrons. The van der Waals surface area contributed by atoms with E-state index in [9.17, 15) is 9.59 Å². The van der Waals surface area contributed by atoms with Crippen molar-refractivity contribution in [3.05, 3.63) is 39.4 Å². The van der Waals surface area contributed by atoms with E-state index in [2.05, 4.69) is 14.9 Å². The van der Waals surface area contributed by atoms with Gasteiger partial charge in [-0.2, -0.15) is 0 Å². The summed E-state index contributed by atoms with van der Waals surface area (Å²) in [5, 5.41) is 7.08. The lowest BCUT2D eigenvalue weighted by atomic mass is 10.2. The van der Waals surface area contributed by atoms with Crippen molar-refractivity contribution in [1.82, 2.24) is 9.59 Å². The molecule has 1 heterocycles. The van der Waals surface area contributed by atoms with Crippen LogP contribution >= 0.6 is 23.1 Å². The molecule has 0 aliphatic rings. The van der Waals surface area contributed by atoms with Gasteiger partial charge in [0.1, 0.15) is 0 Å². The third-order valence-corrected chi connectivity index (χ3v) is 3.86. The Morgan fingerprint density at radius 3 is 2.86 bits per heavy atom. The molecule has 1 N–H and O–H groups in total. The van der Waals surface area contributed by atoms with Gasteiger partial charge < -0.3 is 10.1 Å². The van der Waals surface area contributed by atoms with Gasteiger partial charge in [-0.05, 0) is 48.6 Å². The minimum absolute atomic E-state index is 0.331. The molecule has 0 saturated heterocycles. The van der Waals surface area contributed by atoms with Gasteiger partial charge in [0.2, 0.25) is 0 Å². The van der Waals surface area contributed by atoms with Gasteiger partial charge in [0.05, 0.1) is 5.69 Å². The van der Waals surface area contributed by atoms with Gasteiger partial charge >= 0.3 is 5.97 Å².